The number of benzene rings is 1. The lowest BCUT2D eigenvalue weighted by Gasteiger charge is -2.15. The highest BCUT2D eigenvalue weighted by Crippen LogP contribution is 2.29. The SMILES string of the molecule is CNC(Cc1c(Cl)cccc1Cl)c1ccco1. The molecule has 90 valence electrons. The molecule has 0 aliphatic carbocycles. The summed E-state index contributed by atoms with van der Waals surface area (Å²) in [4.78, 5) is 0. The van der Waals surface area contributed by atoms with Crippen LogP contribution in [0.15, 0.2) is 41.0 Å². The number of rotatable bonds is 4. The largest absolute Gasteiger partial charge is 0.468 e. The van der Waals surface area contributed by atoms with E-state index in [2.05, 4.69) is 5.32 Å². The van der Waals surface area contributed by atoms with E-state index in [9.17, 15) is 0 Å². The van der Waals surface area contributed by atoms with E-state index >= 15 is 0 Å². The van der Waals surface area contributed by atoms with E-state index in [-0.39, 0.29) is 6.04 Å². The van der Waals surface area contributed by atoms with Gasteiger partial charge in [-0.15, -0.1) is 0 Å². The van der Waals surface area contributed by atoms with Crippen LogP contribution in [0.1, 0.15) is 17.4 Å². The Morgan fingerprint density at radius 1 is 1.18 bits per heavy atom. The Bertz CT molecular complexity index is 462. The number of likely N-dealkylation sites (N-methyl/N-ethyl adjacent to an activating group) is 1. The van der Waals surface area contributed by atoms with Crippen molar-refractivity contribution in [3.05, 3.63) is 58.0 Å². The average Bonchev–Trinajstić information content (AvgIpc) is 2.82. The van der Waals surface area contributed by atoms with Gasteiger partial charge in [0.05, 0.1) is 12.3 Å². The highest BCUT2D eigenvalue weighted by Gasteiger charge is 2.16. The Hall–Kier alpha value is -0.960. The molecule has 0 amide bonds. The molecule has 2 nitrogen and oxygen atoms in total. The standard InChI is InChI=1S/C13H13Cl2NO/c1-16-12(13-6-3-7-17-13)8-9-10(14)4-2-5-11(9)15/h2-7,12,16H,8H2,1H3. The summed E-state index contributed by atoms with van der Waals surface area (Å²) in [5.41, 5.74) is 0.937. The first kappa shape index (κ1) is 12.5. The lowest BCUT2D eigenvalue weighted by molar-refractivity contribution is 0.429. The van der Waals surface area contributed by atoms with Crippen LogP contribution in [0.25, 0.3) is 0 Å². The monoisotopic (exact) mass is 269 g/mol. The second-order valence-corrected chi connectivity index (χ2v) is 4.58. The van der Waals surface area contributed by atoms with Crippen molar-refractivity contribution < 1.29 is 4.42 Å². The van der Waals surface area contributed by atoms with Crippen LogP contribution in [0.3, 0.4) is 0 Å². The zero-order chi connectivity index (χ0) is 12.3. The number of halogens is 2. The van der Waals surface area contributed by atoms with Crippen LogP contribution in [0.5, 0.6) is 0 Å². The zero-order valence-electron chi connectivity index (χ0n) is 9.41. The van der Waals surface area contributed by atoms with Gasteiger partial charge in [0.15, 0.2) is 0 Å². The highest BCUT2D eigenvalue weighted by molar-refractivity contribution is 6.36. The minimum absolute atomic E-state index is 0.0717. The first-order valence-electron chi connectivity index (χ1n) is 5.36. The lowest BCUT2D eigenvalue weighted by atomic mass is 10.0. The topological polar surface area (TPSA) is 25.2 Å². The van der Waals surface area contributed by atoms with Crippen molar-refractivity contribution >= 4 is 23.2 Å². The van der Waals surface area contributed by atoms with E-state index in [0.717, 1.165) is 11.3 Å². The molecule has 1 aromatic heterocycles. The van der Waals surface area contributed by atoms with Crippen LogP contribution in [-0.2, 0) is 6.42 Å². The van der Waals surface area contributed by atoms with Gasteiger partial charge in [0.2, 0.25) is 0 Å². The van der Waals surface area contributed by atoms with Gasteiger partial charge in [0, 0.05) is 10.0 Å². The molecule has 0 radical (unpaired) electrons. The lowest BCUT2D eigenvalue weighted by Crippen LogP contribution is -2.18. The molecule has 1 N–H and O–H groups in total. The summed E-state index contributed by atoms with van der Waals surface area (Å²) in [5, 5.41) is 4.57. The summed E-state index contributed by atoms with van der Waals surface area (Å²) in [6.07, 6.45) is 2.36. The predicted octanol–water partition coefficient (Wildman–Crippen LogP) is 4.09. The second kappa shape index (κ2) is 5.58. The molecule has 2 rings (SSSR count). The fraction of sp³-hybridized carbons (Fsp3) is 0.231. The maximum atomic E-state index is 6.15. The van der Waals surface area contributed by atoms with Crippen molar-refractivity contribution in [2.75, 3.05) is 7.05 Å². The molecule has 1 unspecified atom stereocenters. The third kappa shape index (κ3) is 2.83. The predicted molar refractivity (Wildman–Crippen MR) is 70.7 cm³/mol. The zero-order valence-corrected chi connectivity index (χ0v) is 10.9. The summed E-state index contributed by atoms with van der Waals surface area (Å²) in [6.45, 7) is 0. The molecule has 1 aromatic carbocycles. The first-order chi connectivity index (χ1) is 8.22. The summed E-state index contributed by atoms with van der Waals surface area (Å²) in [5.74, 6) is 0.878. The van der Waals surface area contributed by atoms with Crippen molar-refractivity contribution in [2.45, 2.75) is 12.5 Å². The van der Waals surface area contributed by atoms with Crippen LogP contribution in [0.4, 0.5) is 0 Å². The van der Waals surface area contributed by atoms with Crippen LogP contribution < -0.4 is 5.32 Å². The molecular weight excluding hydrogens is 257 g/mol. The van der Waals surface area contributed by atoms with E-state index in [1.165, 1.54) is 0 Å². The first-order valence-corrected chi connectivity index (χ1v) is 6.11. The molecule has 0 aliphatic rings. The van der Waals surface area contributed by atoms with Crippen molar-refractivity contribution in [1.82, 2.24) is 5.32 Å². The minimum atomic E-state index is 0.0717. The van der Waals surface area contributed by atoms with Gasteiger partial charge >= 0.3 is 0 Å². The molecule has 0 fully saturated rings. The third-order valence-corrected chi connectivity index (χ3v) is 3.41. The molecule has 0 bridgehead atoms. The Balaban J connectivity index is 2.25. The molecule has 4 heteroatoms. The van der Waals surface area contributed by atoms with Gasteiger partial charge in [0.1, 0.15) is 5.76 Å². The maximum Gasteiger partial charge on any atom is 0.121 e. The van der Waals surface area contributed by atoms with E-state index in [4.69, 9.17) is 27.6 Å². The van der Waals surface area contributed by atoms with E-state index in [0.29, 0.717) is 16.5 Å². The van der Waals surface area contributed by atoms with Crippen molar-refractivity contribution in [3.63, 3.8) is 0 Å². The molecule has 1 heterocycles. The number of nitrogens with one attached hydrogen (secondary N) is 1. The van der Waals surface area contributed by atoms with Crippen LogP contribution in [0, 0.1) is 0 Å². The number of hydrogen-bond donors (Lipinski definition) is 1. The Morgan fingerprint density at radius 2 is 1.88 bits per heavy atom. The minimum Gasteiger partial charge on any atom is -0.468 e. The van der Waals surface area contributed by atoms with Crippen molar-refractivity contribution in [1.29, 1.82) is 0 Å². The molecular formula is C13H13Cl2NO. The van der Waals surface area contributed by atoms with Gasteiger partial charge < -0.3 is 9.73 Å². The van der Waals surface area contributed by atoms with Gasteiger partial charge in [0.25, 0.3) is 0 Å². The summed E-state index contributed by atoms with van der Waals surface area (Å²) >= 11 is 12.3. The molecule has 0 saturated heterocycles. The number of hydrogen-bond acceptors (Lipinski definition) is 2. The van der Waals surface area contributed by atoms with Crippen molar-refractivity contribution in [2.24, 2.45) is 0 Å². The average molecular weight is 270 g/mol. The Kier molecular flexibility index (Phi) is 4.11. The maximum absolute atomic E-state index is 6.15. The van der Waals surface area contributed by atoms with Gasteiger partial charge in [-0.2, -0.15) is 0 Å². The number of furan rings is 1. The summed E-state index contributed by atoms with van der Waals surface area (Å²) in [6, 6.07) is 9.41. The van der Waals surface area contributed by atoms with Gasteiger partial charge in [-0.25, -0.2) is 0 Å². The van der Waals surface area contributed by atoms with E-state index < -0.39 is 0 Å². The Labute approximate surface area is 111 Å². The summed E-state index contributed by atoms with van der Waals surface area (Å²) in [7, 11) is 1.89. The molecule has 0 spiro atoms. The normalized spacial score (nSPS) is 12.6. The summed E-state index contributed by atoms with van der Waals surface area (Å²) < 4.78 is 5.39. The van der Waals surface area contributed by atoms with Gasteiger partial charge in [-0.3, -0.25) is 0 Å². The second-order valence-electron chi connectivity index (χ2n) is 3.76. The fourth-order valence-corrected chi connectivity index (χ4v) is 2.32. The van der Waals surface area contributed by atoms with Crippen LogP contribution in [0.2, 0.25) is 10.0 Å². The van der Waals surface area contributed by atoms with Gasteiger partial charge in [-0.05, 0) is 43.3 Å². The van der Waals surface area contributed by atoms with E-state index in [1.807, 2.05) is 37.4 Å². The highest BCUT2D eigenvalue weighted by atomic mass is 35.5. The van der Waals surface area contributed by atoms with Crippen LogP contribution >= 0.6 is 23.2 Å². The molecule has 2 aromatic rings. The molecule has 1 atom stereocenters. The Morgan fingerprint density at radius 3 is 2.41 bits per heavy atom. The van der Waals surface area contributed by atoms with E-state index in [1.54, 1.807) is 6.26 Å². The molecule has 17 heavy (non-hydrogen) atoms. The fourth-order valence-electron chi connectivity index (χ4n) is 1.77. The van der Waals surface area contributed by atoms with Crippen molar-refractivity contribution in [3.8, 4) is 0 Å². The molecule has 0 aliphatic heterocycles. The smallest absolute Gasteiger partial charge is 0.121 e. The third-order valence-electron chi connectivity index (χ3n) is 2.71. The van der Waals surface area contributed by atoms with Crippen LogP contribution in [-0.4, -0.2) is 7.05 Å². The molecule has 0 saturated carbocycles. The quantitative estimate of drug-likeness (QED) is 0.905. The van der Waals surface area contributed by atoms with Gasteiger partial charge in [-0.1, -0.05) is 29.3 Å².